The third-order valence-electron chi connectivity index (χ3n) is 7.48. The summed E-state index contributed by atoms with van der Waals surface area (Å²) in [6.07, 6.45) is 7.49. The fourth-order valence-electron chi connectivity index (χ4n) is 5.33. The van der Waals surface area contributed by atoms with Crippen LogP contribution in [-0.2, 0) is 24.7 Å². The molecule has 2 aromatic heterocycles. The number of rotatable bonds is 9. The van der Waals surface area contributed by atoms with Crippen LogP contribution >= 0.6 is 0 Å². The Hall–Kier alpha value is -3.46. The summed E-state index contributed by atoms with van der Waals surface area (Å²) in [5.41, 5.74) is 3.81. The number of nitrogens with one attached hydrogen (secondary N) is 2. The number of anilines is 1. The third kappa shape index (κ3) is 5.51. The Morgan fingerprint density at radius 3 is 3.03 bits per heavy atom. The molecule has 1 saturated heterocycles. The van der Waals surface area contributed by atoms with E-state index in [9.17, 15) is 14.7 Å². The second-order valence-corrected chi connectivity index (χ2v) is 10.0. The van der Waals surface area contributed by atoms with Gasteiger partial charge in [-0.05, 0) is 80.8 Å². The molecule has 0 saturated carbocycles. The Morgan fingerprint density at radius 1 is 1.28 bits per heavy atom. The van der Waals surface area contributed by atoms with E-state index in [0.29, 0.717) is 24.4 Å². The summed E-state index contributed by atoms with van der Waals surface area (Å²) in [5, 5.41) is 20.9. The molecule has 2 aliphatic rings. The number of hydrogen-bond acceptors (Lipinski definition) is 6. The van der Waals surface area contributed by atoms with Crippen molar-refractivity contribution in [3.63, 3.8) is 0 Å². The number of likely N-dealkylation sites (tertiary alicyclic amines) is 1. The standard InChI is InChI=1S/C27H34N6O3/c1-32-24-9-6-20(15-21(24)16-29-32)26(34)31-23(27(35)36)11-14-33-13-10-18(17-33)4-7-22-8-5-19-3-2-12-28-25(19)30-22/h5-6,8-9,15-16,18,23H,2-4,7,10-14,17H2,1H3,(H,28,30)(H,31,34)(H,35,36)/t18-,23-/m0/s1. The van der Waals surface area contributed by atoms with Crippen molar-refractivity contribution < 1.29 is 14.7 Å². The molecule has 1 amide bonds. The molecule has 0 unspecified atom stereocenters. The van der Waals surface area contributed by atoms with E-state index >= 15 is 0 Å². The van der Waals surface area contributed by atoms with Gasteiger partial charge in [0.2, 0.25) is 0 Å². The summed E-state index contributed by atoms with van der Waals surface area (Å²) < 4.78 is 1.74. The second-order valence-electron chi connectivity index (χ2n) is 10.0. The van der Waals surface area contributed by atoms with Crippen molar-refractivity contribution in [2.45, 2.75) is 44.6 Å². The number of fused-ring (bicyclic) bond motifs is 2. The SMILES string of the molecule is Cn1ncc2cc(C(=O)N[C@@H](CCN3CC[C@H](CCc4ccc5c(n4)NCCC5)C3)C(=O)O)ccc21. The molecule has 2 atom stereocenters. The van der Waals surface area contributed by atoms with Crippen molar-refractivity contribution in [1.82, 2.24) is 25.0 Å². The summed E-state index contributed by atoms with van der Waals surface area (Å²) in [4.78, 5) is 31.7. The van der Waals surface area contributed by atoms with E-state index in [-0.39, 0.29) is 5.91 Å². The van der Waals surface area contributed by atoms with Crippen LogP contribution in [0.3, 0.4) is 0 Å². The molecule has 0 aliphatic carbocycles. The fourth-order valence-corrected chi connectivity index (χ4v) is 5.33. The van der Waals surface area contributed by atoms with Crippen molar-refractivity contribution in [2.75, 3.05) is 31.5 Å². The normalized spacial score (nSPS) is 18.5. The topological polar surface area (TPSA) is 112 Å². The van der Waals surface area contributed by atoms with Gasteiger partial charge in [0.25, 0.3) is 5.91 Å². The molecule has 4 heterocycles. The van der Waals surface area contributed by atoms with E-state index in [1.807, 2.05) is 13.1 Å². The predicted octanol–water partition coefficient (Wildman–Crippen LogP) is 2.85. The van der Waals surface area contributed by atoms with E-state index in [2.05, 4.69) is 32.8 Å². The molecule has 1 aromatic carbocycles. The first-order valence-electron chi connectivity index (χ1n) is 12.9. The first-order valence-corrected chi connectivity index (χ1v) is 12.9. The van der Waals surface area contributed by atoms with Gasteiger partial charge in [0.1, 0.15) is 11.9 Å². The van der Waals surface area contributed by atoms with Crippen LogP contribution in [-0.4, -0.2) is 68.9 Å². The quantitative estimate of drug-likeness (QED) is 0.423. The van der Waals surface area contributed by atoms with Gasteiger partial charge in [0.05, 0.1) is 11.7 Å². The van der Waals surface area contributed by atoms with Gasteiger partial charge in [-0.2, -0.15) is 5.10 Å². The molecule has 0 spiro atoms. The number of carbonyl (C=O) groups is 2. The first-order chi connectivity index (χ1) is 17.5. The van der Waals surface area contributed by atoms with Crippen molar-refractivity contribution in [3.05, 3.63) is 53.3 Å². The van der Waals surface area contributed by atoms with Gasteiger partial charge in [0.15, 0.2) is 0 Å². The zero-order valence-corrected chi connectivity index (χ0v) is 20.7. The van der Waals surface area contributed by atoms with Gasteiger partial charge in [-0.1, -0.05) is 6.07 Å². The maximum atomic E-state index is 12.7. The smallest absolute Gasteiger partial charge is 0.326 e. The summed E-state index contributed by atoms with van der Waals surface area (Å²) in [6.45, 7) is 3.57. The minimum Gasteiger partial charge on any atom is -0.480 e. The number of aromatic nitrogens is 3. The van der Waals surface area contributed by atoms with Crippen molar-refractivity contribution in [3.8, 4) is 0 Å². The lowest BCUT2D eigenvalue weighted by molar-refractivity contribution is -0.139. The predicted molar refractivity (Wildman–Crippen MR) is 138 cm³/mol. The number of aliphatic carboxylic acids is 1. The molecule has 9 nitrogen and oxygen atoms in total. The summed E-state index contributed by atoms with van der Waals surface area (Å²) >= 11 is 0. The van der Waals surface area contributed by atoms with Crippen LogP contribution < -0.4 is 10.6 Å². The first kappa shape index (κ1) is 24.2. The molecule has 9 heteroatoms. The number of hydrogen-bond donors (Lipinski definition) is 3. The number of carbonyl (C=O) groups excluding carboxylic acids is 1. The average Bonchev–Trinajstić information content (AvgIpc) is 3.50. The van der Waals surface area contributed by atoms with Gasteiger partial charge in [-0.25, -0.2) is 9.78 Å². The number of aryl methyl sites for hydroxylation is 3. The lowest BCUT2D eigenvalue weighted by Gasteiger charge is -2.20. The summed E-state index contributed by atoms with van der Waals surface area (Å²) in [7, 11) is 1.84. The lowest BCUT2D eigenvalue weighted by atomic mass is 10.00. The van der Waals surface area contributed by atoms with Crippen LogP contribution in [0.25, 0.3) is 10.9 Å². The van der Waals surface area contributed by atoms with E-state index in [1.165, 1.54) is 12.0 Å². The molecule has 0 bridgehead atoms. The highest BCUT2D eigenvalue weighted by atomic mass is 16.4. The van der Waals surface area contributed by atoms with Crippen LogP contribution in [0.4, 0.5) is 5.82 Å². The van der Waals surface area contributed by atoms with Crippen molar-refractivity contribution >= 4 is 28.6 Å². The molecule has 5 rings (SSSR count). The Bertz CT molecular complexity index is 1260. The summed E-state index contributed by atoms with van der Waals surface area (Å²) in [5.74, 6) is 0.252. The van der Waals surface area contributed by atoms with Crippen molar-refractivity contribution in [1.29, 1.82) is 0 Å². The van der Waals surface area contributed by atoms with Crippen LogP contribution in [0.5, 0.6) is 0 Å². The number of benzene rings is 1. The molecule has 2 aliphatic heterocycles. The number of nitrogens with zero attached hydrogens (tertiary/aromatic N) is 4. The lowest BCUT2D eigenvalue weighted by Crippen LogP contribution is -2.43. The van der Waals surface area contributed by atoms with Gasteiger partial charge >= 0.3 is 5.97 Å². The van der Waals surface area contributed by atoms with E-state index in [1.54, 1.807) is 23.0 Å². The molecule has 3 aromatic rings. The molecular weight excluding hydrogens is 456 g/mol. The Labute approximate surface area is 210 Å². The van der Waals surface area contributed by atoms with E-state index < -0.39 is 12.0 Å². The molecule has 1 fully saturated rings. The largest absolute Gasteiger partial charge is 0.480 e. The van der Waals surface area contributed by atoms with Crippen LogP contribution in [0.1, 0.15) is 47.3 Å². The molecular formula is C27H34N6O3. The minimum atomic E-state index is -1.01. The van der Waals surface area contributed by atoms with Crippen molar-refractivity contribution in [2.24, 2.45) is 13.0 Å². The van der Waals surface area contributed by atoms with Crippen LogP contribution in [0.15, 0.2) is 36.5 Å². The van der Waals surface area contributed by atoms with E-state index in [4.69, 9.17) is 4.98 Å². The van der Waals surface area contributed by atoms with Gasteiger partial charge < -0.3 is 20.6 Å². The maximum Gasteiger partial charge on any atom is 0.326 e. The molecule has 3 N–H and O–H groups in total. The monoisotopic (exact) mass is 490 g/mol. The van der Waals surface area contributed by atoms with Gasteiger partial charge in [0, 0.05) is 43.3 Å². The Kier molecular flexibility index (Phi) is 7.18. The zero-order valence-electron chi connectivity index (χ0n) is 20.7. The highest BCUT2D eigenvalue weighted by Crippen LogP contribution is 2.24. The summed E-state index contributed by atoms with van der Waals surface area (Å²) in [6, 6.07) is 8.72. The van der Waals surface area contributed by atoms with E-state index in [0.717, 1.165) is 67.7 Å². The van der Waals surface area contributed by atoms with Gasteiger partial charge in [-0.3, -0.25) is 9.48 Å². The van der Waals surface area contributed by atoms with Crippen LogP contribution in [0.2, 0.25) is 0 Å². The third-order valence-corrected chi connectivity index (χ3v) is 7.48. The Balaban J connectivity index is 1.09. The highest BCUT2D eigenvalue weighted by molar-refractivity contribution is 5.99. The molecule has 190 valence electrons. The molecule has 36 heavy (non-hydrogen) atoms. The zero-order chi connectivity index (χ0) is 25.1. The number of pyridine rings is 1. The van der Waals surface area contributed by atoms with Crippen LogP contribution in [0, 0.1) is 5.92 Å². The average molecular weight is 491 g/mol. The number of carboxylic acids is 1. The fraction of sp³-hybridized carbons (Fsp3) is 0.481. The number of amides is 1. The second kappa shape index (κ2) is 10.7. The number of carboxylic acid groups (broad SMARTS) is 1. The minimum absolute atomic E-state index is 0.375. The Morgan fingerprint density at radius 2 is 2.17 bits per heavy atom. The van der Waals surface area contributed by atoms with Gasteiger partial charge in [-0.15, -0.1) is 0 Å². The highest BCUT2D eigenvalue weighted by Gasteiger charge is 2.26. The maximum absolute atomic E-state index is 12.7. The molecule has 0 radical (unpaired) electrons.